The smallest absolute Gasteiger partial charge is 0.0885 e. The highest BCUT2D eigenvalue weighted by molar-refractivity contribution is 6.16. The molecule has 0 bridgehead atoms. The van der Waals surface area contributed by atoms with Crippen molar-refractivity contribution in [2.45, 2.75) is 5.88 Å². The minimum atomic E-state index is 0.405. The largest absolute Gasteiger partial charge is 0.256 e. The first-order chi connectivity index (χ1) is 6.90. The molecule has 0 N–H and O–H groups in total. The fraction of sp³-hybridized carbons (Fsp3) is 0.0909. The lowest BCUT2D eigenvalue weighted by Gasteiger charge is -1.99. The van der Waals surface area contributed by atoms with E-state index in [1.54, 1.807) is 12.4 Å². The Morgan fingerprint density at radius 2 is 1.79 bits per heavy atom. The van der Waals surface area contributed by atoms with E-state index in [4.69, 9.17) is 11.6 Å². The van der Waals surface area contributed by atoms with Gasteiger partial charge in [-0.1, -0.05) is 30.3 Å². The van der Waals surface area contributed by atoms with Gasteiger partial charge >= 0.3 is 0 Å². The van der Waals surface area contributed by atoms with Crippen molar-refractivity contribution in [1.82, 2.24) is 9.97 Å². The molecule has 0 saturated heterocycles. The first kappa shape index (κ1) is 9.16. The third-order valence-corrected chi connectivity index (χ3v) is 2.19. The molecule has 0 saturated carbocycles. The molecule has 14 heavy (non-hydrogen) atoms. The van der Waals surface area contributed by atoms with Gasteiger partial charge in [-0.05, 0) is 0 Å². The summed E-state index contributed by atoms with van der Waals surface area (Å²) >= 11 is 5.62. The first-order valence-corrected chi connectivity index (χ1v) is 4.86. The van der Waals surface area contributed by atoms with Crippen LogP contribution in [0.15, 0.2) is 42.7 Å². The van der Waals surface area contributed by atoms with E-state index in [1.165, 1.54) is 0 Å². The Bertz CT molecular complexity index is 397. The number of aromatic nitrogens is 2. The second-order valence-electron chi connectivity index (χ2n) is 2.89. The van der Waals surface area contributed by atoms with Crippen LogP contribution in [0.3, 0.4) is 0 Å². The third-order valence-electron chi connectivity index (χ3n) is 1.91. The van der Waals surface area contributed by atoms with Gasteiger partial charge in [0.25, 0.3) is 0 Å². The first-order valence-electron chi connectivity index (χ1n) is 4.32. The lowest BCUT2D eigenvalue weighted by molar-refractivity contribution is 1.10. The van der Waals surface area contributed by atoms with Crippen molar-refractivity contribution >= 4 is 11.6 Å². The number of hydrogen-bond donors (Lipinski definition) is 0. The zero-order chi connectivity index (χ0) is 9.80. The van der Waals surface area contributed by atoms with Crippen LogP contribution in [0.25, 0.3) is 11.3 Å². The van der Waals surface area contributed by atoms with Crippen LogP contribution in [0.4, 0.5) is 0 Å². The van der Waals surface area contributed by atoms with Crippen LogP contribution in [-0.2, 0) is 5.88 Å². The van der Waals surface area contributed by atoms with Crippen LogP contribution in [0.2, 0.25) is 0 Å². The summed E-state index contributed by atoms with van der Waals surface area (Å²) in [6.07, 6.45) is 3.45. The summed E-state index contributed by atoms with van der Waals surface area (Å²) < 4.78 is 0. The Labute approximate surface area is 87.6 Å². The van der Waals surface area contributed by atoms with Crippen molar-refractivity contribution in [2.24, 2.45) is 0 Å². The second-order valence-corrected chi connectivity index (χ2v) is 3.16. The van der Waals surface area contributed by atoms with Gasteiger partial charge < -0.3 is 0 Å². The summed E-state index contributed by atoms with van der Waals surface area (Å²) in [5.74, 6) is 0.405. The van der Waals surface area contributed by atoms with Gasteiger partial charge in [-0.3, -0.25) is 9.97 Å². The number of nitrogens with zero attached hydrogens (tertiary/aromatic N) is 2. The maximum absolute atomic E-state index is 5.62. The Hall–Kier alpha value is -1.41. The molecule has 2 aromatic rings. The van der Waals surface area contributed by atoms with Crippen molar-refractivity contribution < 1.29 is 0 Å². The fourth-order valence-electron chi connectivity index (χ4n) is 1.18. The minimum absolute atomic E-state index is 0.405. The maximum atomic E-state index is 5.62. The molecule has 1 aromatic carbocycles. The molecule has 2 rings (SSSR count). The van der Waals surface area contributed by atoms with Crippen LogP contribution >= 0.6 is 11.6 Å². The maximum Gasteiger partial charge on any atom is 0.0885 e. The van der Waals surface area contributed by atoms with Crippen molar-refractivity contribution in [2.75, 3.05) is 0 Å². The van der Waals surface area contributed by atoms with E-state index >= 15 is 0 Å². The average molecular weight is 205 g/mol. The summed E-state index contributed by atoms with van der Waals surface area (Å²) in [5, 5.41) is 0. The van der Waals surface area contributed by atoms with E-state index < -0.39 is 0 Å². The van der Waals surface area contributed by atoms with Gasteiger partial charge in [-0.15, -0.1) is 11.6 Å². The normalized spacial score (nSPS) is 10.1. The molecule has 70 valence electrons. The molecule has 0 spiro atoms. The van der Waals surface area contributed by atoms with Crippen LogP contribution in [0.5, 0.6) is 0 Å². The Kier molecular flexibility index (Phi) is 2.75. The standard InChI is InChI=1S/C11H9ClN2/c12-6-10-7-14-11(8-13-10)9-4-2-1-3-5-9/h1-5,7-8H,6H2. The van der Waals surface area contributed by atoms with Crippen LogP contribution in [0.1, 0.15) is 5.69 Å². The monoisotopic (exact) mass is 204 g/mol. The van der Waals surface area contributed by atoms with Crippen LogP contribution in [0, 0.1) is 0 Å². The molecule has 0 fully saturated rings. The van der Waals surface area contributed by atoms with Crippen molar-refractivity contribution in [3.8, 4) is 11.3 Å². The number of benzene rings is 1. The summed E-state index contributed by atoms with van der Waals surface area (Å²) in [4.78, 5) is 8.45. The Morgan fingerprint density at radius 1 is 1.00 bits per heavy atom. The molecule has 0 aliphatic carbocycles. The lowest BCUT2D eigenvalue weighted by atomic mass is 10.2. The Balaban J connectivity index is 2.34. The van der Waals surface area contributed by atoms with Crippen molar-refractivity contribution in [3.63, 3.8) is 0 Å². The van der Waals surface area contributed by atoms with E-state index in [-0.39, 0.29) is 0 Å². The van der Waals surface area contributed by atoms with Gasteiger partial charge in [-0.25, -0.2) is 0 Å². The van der Waals surface area contributed by atoms with E-state index in [0.717, 1.165) is 17.0 Å². The second kappa shape index (κ2) is 4.20. The zero-order valence-corrected chi connectivity index (χ0v) is 8.28. The minimum Gasteiger partial charge on any atom is -0.256 e. The van der Waals surface area contributed by atoms with Gasteiger partial charge in [0, 0.05) is 5.56 Å². The van der Waals surface area contributed by atoms with Crippen molar-refractivity contribution in [1.29, 1.82) is 0 Å². The Morgan fingerprint density at radius 3 is 2.36 bits per heavy atom. The summed E-state index contributed by atoms with van der Waals surface area (Å²) in [6.45, 7) is 0. The van der Waals surface area contributed by atoms with Gasteiger partial charge in [0.2, 0.25) is 0 Å². The van der Waals surface area contributed by atoms with E-state index in [9.17, 15) is 0 Å². The number of alkyl halides is 1. The van der Waals surface area contributed by atoms with Crippen molar-refractivity contribution in [3.05, 3.63) is 48.4 Å². The number of halogens is 1. The topological polar surface area (TPSA) is 25.8 Å². The van der Waals surface area contributed by atoms with Gasteiger partial charge in [0.1, 0.15) is 0 Å². The fourth-order valence-corrected chi connectivity index (χ4v) is 1.32. The molecule has 0 atom stereocenters. The molecule has 0 unspecified atom stereocenters. The predicted molar refractivity (Wildman–Crippen MR) is 57.0 cm³/mol. The van der Waals surface area contributed by atoms with Gasteiger partial charge in [0.05, 0.1) is 29.7 Å². The molecule has 3 heteroatoms. The van der Waals surface area contributed by atoms with Crippen LogP contribution < -0.4 is 0 Å². The molecule has 1 heterocycles. The van der Waals surface area contributed by atoms with E-state index in [2.05, 4.69) is 9.97 Å². The number of hydrogen-bond acceptors (Lipinski definition) is 2. The SMILES string of the molecule is ClCc1cnc(-c2ccccc2)cn1. The quantitative estimate of drug-likeness (QED) is 0.703. The van der Waals surface area contributed by atoms with Gasteiger partial charge in [0.15, 0.2) is 0 Å². The number of rotatable bonds is 2. The molecule has 0 aliphatic rings. The van der Waals surface area contributed by atoms with E-state index in [1.807, 2.05) is 30.3 Å². The highest BCUT2D eigenvalue weighted by Crippen LogP contribution is 2.14. The average Bonchev–Trinajstić information content (AvgIpc) is 2.30. The van der Waals surface area contributed by atoms with Gasteiger partial charge in [-0.2, -0.15) is 0 Å². The highest BCUT2D eigenvalue weighted by atomic mass is 35.5. The molecule has 1 aromatic heterocycles. The molecule has 0 radical (unpaired) electrons. The lowest BCUT2D eigenvalue weighted by Crippen LogP contribution is -1.89. The molecule has 0 amide bonds. The third kappa shape index (κ3) is 1.91. The summed E-state index contributed by atoms with van der Waals surface area (Å²) in [5.41, 5.74) is 2.74. The van der Waals surface area contributed by atoms with Crippen LogP contribution in [-0.4, -0.2) is 9.97 Å². The summed E-state index contributed by atoms with van der Waals surface area (Å²) in [6, 6.07) is 9.94. The predicted octanol–water partition coefficient (Wildman–Crippen LogP) is 2.88. The highest BCUT2D eigenvalue weighted by Gasteiger charge is 1.98. The molecular formula is C11H9ClN2. The molecule has 2 nitrogen and oxygen atoms in total. The summed E-state index contributed by atoms with van der Waals surface area (Å²) in [7, 11) is 0. The molecular weight excluding hydrogens is 196 g/mol. The molecule has 0 aliphatic heterocycles. The van der Waals surface area contributed by atoms with E-state index in [0.29, 0.717) is 5.88 Å². The zero-order valence-electron chi connectivity index (χ0n) is 7.52.